The molecule has 0 amide bonds. The molecular weight excluding hydrogens is 249 g/mol. The summed E-state index contributed by atoms with van der Waals surface area (Å²) in [5.74, 6) is -1.84. The SMILES string of the molecule is CCC[C@H]1CC[C@H](c2cc(F)c(C)c(F)c2F)CC1. The summed E-state index contributed by atoms with van der Waals surface area (Å²) in [4.78, 5) is 0. The lowest BCUT2D eigenvalue weighted by Crippen LogP contribution is -2.15. The molecule has 2 rings (SSSR count). The normalized spacial score (nSPS) is 23.6. The third-order valence-corrected chi connectivity index (χ3v) is 4.40. The van der Waals surface area contributed by atoms with E-state index in [9.17, 15) is 13.2 Å². The van der Waals surface area contributed by atoms with E-state index >= 15 is 0 Å². The molecule has 0 radical (unpaired) electrons. The van der Waals surface area contributed by atoms with E-state index in [2.05, 4.69) is 6.92 Å². The summed E-state index contributed by atoms with van der Waals surface area (Å²) in [5.41, 5.74) is 0.0106. The van der Waals surface area contributed by atoms with Crippen molar-refractivity contribution in [3.05, 3.63) is 34.6 Å². The molecule has 19 heavy (non-hydrogen) atoms. The standard InChI is InChI=1S/C16H21F3/c1-3-4-11-5-7-12(8-6-11)13-9-14(17)10(2)15(18)16(13)19/h9,11-12H,3-8H2,1-2H3/t11-,12-. The van der Waals surface area contributed by atoms with Crippen LogP contribution in [-0.2, 0) is 0 Å². The molecule has 3 heteroatoms. The number of hydrogen-bond donors (Lipinski definition) is 0. The van der Waals surface area contributed by atoms with Gasteiger partial charge in [0.2, 0.25) is 0 Å². The number of halogens is 3. The summed E-state index contributed by atoms with van der Waals surface area (Å²) >= 11 is 0. The zero-order valence-electron chi connectivity index (χ0n) is 11.6. The quantitative estimate of drug-likeness (QED) is 0.637. The highest BCUT2D eigenvalue weighted by Gasteiger charge is 2.26. The van der Waals surface area contributed by atoms with Crippen molar-refractivity contribution in [1.82, 2.24) is 0 Å². The predicted molar refractivity (Wildman–Crippen MR) is 70.7 cm³/mol. The Balaban J connectivity index is 2.16. The first-order valence-electron chi connectivity index (χ1n) is 7.18. The molecule has 0 aliphatic heterocycles. The van der Waals surface area contributed by atoms with Crippen LogP contribution in [0.25, 0.3) is 0 Å². The smallest absolute Gasteiger partial charge is 0.164 e. The lowest BCUT2D eigenvalue weighted by Gasteiger charge is -2.29. The van der Waals surface area contributed by atoms with Gasteiger partial charge in [0.15, 0.2) is 11.6 Å². The van der Waals surface area contributed by atoms with E-state index in [1.807, 2.05) is 0 Å². The van der Waals surface area contributed by atoms with Crippen LogP contribution in [0.4, 0.5) is 13.2 Å². The van der Waals surface area contributed by atoms with Gasteiger partial charge in [-0.3, -0.25) is 0 Å². The highest BCUT2D eigenvalue weighted by atomic mass is 19.2. The van der Waals surface area contributed by atoms with Crippen LogP contribution in [0.1, 0.15) is 62.5 Å². The minimum Gasteiger partial charge on any atom is -0.207 e. The molecule has 0 N–H and O–H groups in total. The monoisotopic (exact) mass is 270 g/mol. The van der Waals surface area contributed by atoms with Gasteiger partial charge < -0.3 is 0 Å². The second-order valence-electron chi connectivity index (χ2n) is 5.71. The van der Waals surface area contributed by atoms with Crippen molar-refractivity contribution in [3.63, 3.8) is 0 Å². The Morgan fingerprint density at radius 1 is 1.05 bits per heavy atom. The van der Waals surface area contributed by atoms with Crippen molar-refractivity contribution in [3.8, 4) is 0 Å². The van der Waals surface area contributed by atoms with Gasteiger partial charge in [0.1, 0.15) is 5.82 Å². The van der Waals surface area contributed by atoms with Crippen molar-refractivity contribution >= 4 is 0 Å². The van der Waals surface area contributed by atoms with E-state index in [1.54, 1.807) is 0 Å². The second-order valence-corrected chi connectivity index (χ2v) is 5.71. The lowest BCUT2D eigenvalue weighted by atomic mass is 9.77. The maximum absolute atomic E-state index is 13.9. The molecule has 0 unspecified atom stereocenters. The average Bonchev–Trinajstić information content (AvgIpc) is 2.42. The number of benzene rings is 1. The highest BCUT2D eigenvalue weighted by Crippen LogP contribution is 2.39. The molecule has 1 aliphatic rings. The van der Waals surface area contributed by atoms with Crippen LogP contribution in [0, 0.1) is 30.3 Å². The Kier molecular flexibility index (Phi) is 4.54. The molecule has 0 atom stereocenters. The van der Waals surface area contributed by atoms with Gasteiger partial charge in [0.05, 0.1) is 0 Å². The minimum absolute atomic E-state index is 0.0299. The van der Waals surface area contributed by atoms with Gasteiger partial charge in [-0.2, -0.15) is 0 Å². The molecule has 106 valence electrons. The van der Waals surface area contributed by atoms with Gasteiger partial charge >= 0.3 is 0 Å². The van der Waals surface area contributed by atoms with Gasteiger partial charge in [-0.25, -0.2) is 13.2 Å². The van der Waals surface area contributed by atoms with E-state index in [0.717, 1.165) is 32.1 Å². The van der Waals surface area contributed by atoms with Crippen LogP contribution in [-0.4, -0.2) is 0 Å². The first-order chi connectivity index (χ1) is 9.04. The Labute approximate surface area is 113 Å². The van der Waals surface area contributed by atoms with Gasteiger partial charge in [-0.05, 0) is 56.1 Å². The maximum Gasteiger partial charge on any atom is 0.164 e. The number of hydrogen-bond acceptors (Lipinski definition) is 0. The van der Waals surface area contributed by atoms with Crippen LogP contribution in [0.15, 0.2) is 6.07 Å². The molecule has 0 heterocycles. The zero-order valence-corrected chi connectivity index (χ0v) is 11.6. The van der Waals surface area contributed by atoms with Gasteiger partial charge in [-0.1, -0.05) is 19.8 Å². The first-order valence-corrected chi connectivity index (χ1v) is 7.18. The summed E-state index contributed by atoms with van der Waals surface area (Å²) in [6.07, 6.45) is 6.11. The minimum atomic E-state index is -1.02. The molecule has 1 aromatic carbocycles. The van der Waals surface area contributed by atoms with Crippen LogP contribution < -0.4 is 0 Å². The highest BCUT2D eigenvalue weighted by molar-refractivity contribution is 5.30. The van der Waals surface area contributed by atoms with Crippen LogP contribution in [0.3, 0.4) is 0 Å². The molecule has 1 aliphatic carbocycles. The molecule has 0 bridgehead atoms. The second kappa shape index (κ2) is 5.98. The molecule has 0 nitrogen and oxygen atoms in total. The molecule has 1 aromatic rings. The predicted octanol–water partition coefficient (Wildman–Crippen LogP) is 5.49. The van der Waals surface area contributed by atoms with Crippen molar-refractivity contribution < 1.29 is 13.2 Å². The topological polar surface area (TPSA) is 0 Å². The fraction of sp³-hybridized carbons (Fsp3) is 0.625. The third-order valence-electron chi connectivity index (χ3n) is 4.40. The largest absolute Gasteiger partial charge is 0.207 e. The van der Waals surface area contributed by atoms with E-state index < -0.39 is 17.5 Å². The Morgan fingerprint density at radius 3 is 2.26 bits per heavy atom. The van der Waals surface area contributed by atoms with Crippen molar-refractivity contribution in [2.45, 2.75) is 58.3 Å². The molecular formula is C16H21F3. The Bertz CT molecular complexity index is 446. The van der Waals surface area contributed by atoms with Crippen molar-refractivity contribution in [2.24, 2.45) is 5.92 Å². The van der Waals surface area contributed by atoms with Gasteiger partial charge in [0.25, 0.3) is 0 Å². The molecule has 0 spiro atoms. The van der Waals surface area contributed by atoms with E-state index in [0.29, 0.717) is 5.92 Å². The Hall–Kier alpha value is -0.990. The summed E-state index contributed by atoms with van der Waals surface area (Å²) < 4.78 is 41.1. The summed E-state index contributed by atoms with van der Waals surface area (Å²) in [6.45, 7) is 3.44. The van der Waals surface area contributed by atoms with E-state index in [4.69, 9.17) is 0 Å². The average molecular weight is 270 g/mol. The summed E-state index contributed by atoms with van der Waals surface area (Å²) in [5, 5.41) is 0. The molecule has 0 aromatic heterocycles. The van der Waals surface area contributed by atoms with E-state index in [-0.39, 0.29) is 17.0 Å². The van der Waals surface area contributed by atoms with Crippen molar-refractivity contribution in [1.29, 1.82) is 0 Å². The lowest BCUT2D eigenvalue weighted by molar-refractivity contribution is 0.302. The molecule has 1 saturated carbocycles. The van der Waals surface area contributed by atoms with Crippen LogP contribution in [0.2, 0.25) is 0 Å². The number of rotatable bonds is 3. The van der Waals surface area contributed by atoms with Gasteiger partial charge in [0, 0.05) is 5.56 Å². The van der Waals surface area contributed by atoms with Crippen molar-refractivity contribution in [2.75, 3.05) is 0 Å². The summed E-state index contributed by atoms with van der Waals surface area (Å²) in [7, 11) is 0. The van der Waals surface area contributed by atoms with Gasteiger partial charge in [-0.15, -0.1) is 0 Å². The summed E-state index contributed by atoms with van der Waals surface area (Å²) in [6, 6.07) is 1.19. The molecule has 1 fully saturated rings. The fourth-order valence-electron chi connectivity index (χ4n) is 3.17. The molecule has 0 saturated heterocycles. The van der Waals surface area contributed by atoms with E-state index in [1.165, 1.54) is 19.4 Å². The van der Waals surface area contributed by atoms with Crippen LogP contribution in [0.5, 0.6) is 0 Å². The Morgan fingerprint density at radius 2 is 1.68 bits per heavy atom. The first kappa shape index (κ1) is 14.4. The fourth-order valence-corrected chi connectivity index (χ4v) is 3.17. The third kappa shape index (κ3) is 2.96. The van der Waals surface area contributed by atoms with Crippen LogP contribution >= 0.6 is 0 Å². The maximum atomic E-state index is 13.9. The zero-order chi connectivity index (χ0) is 14.0.